The third-order valence-corrected chi connectivity index (χ3v) is 8.05. The minimum absolute atomic E-state index is 0.0117. The van der Waals surface area contributed by atoms with E-state index in [1.807, 2.05) is 65.6 Å². The highest BCUT2D eigenvalue weighted by Gasteiger charge is 2.35. The van der Waals surface area contributed by atoms with E-state index < -0.39 is 10.0 Å². The van der Waals surface area contributed by atoms with Crippen LogP contribution in [0.15, 0.2) is 89.8 Å². The first-order valence-electron chi connectivity index (χ1n) is 11.5. The van der Waals surface area contributed by atoms with Crippen molar-refractivity contribution in [1.82, 2.24) is 9.21 Å². The summed E-state index contributed by atoms with van der Waals surface area (Å²) in [7, 11) is -2.15. The van der Waals surface area contributed by atoms with E-state index in [2.05, 4.69) is 0 Å². The van der Waals surface area contributed by atoms with Crippen LogP contribution >= 0.6 is 0 Å². The van der Waals surface area contributed by atoms with Crippen LogP contribution in [-0.2, 0) is 27.9 Å². The van der Waals surface area contributed by atoms with Gasteiger partial charge in [-0.05, 0) is 48.2 Å². The number of sulfonamides is 1. The molecule has 0 radical (unpaired) electrons. The Kier molecular flexibility index (Phi) is 7.65. The number of carbonyl (C=O) groups excluding carboxylic acids is 1. The first kappa shape index (κ1) is 24.0. The van der Waals surface area contributed by atoms with Crippen LogP contribution in [0.25, 0.3) is 0 Å². The molecule has 0 aliphatic carbocycles. The van der Waals surface area contributed by atoms with Gasteiger partial charge in [-0.25, -0.2) is 8.42 Å². The third kappa shape index (κ3) is 5.66. The number of rotatable bonds is 8. The Morgan fingerprint density at radius 1 is 0.912 bits per heavy atom. The molecule has 4 rings (SSSR count). The van der Waals surface area contributed by atoms with Gasteiger partial charge in [-0.3, -0.25) is 4.79 Å². The first-order valence-corrected chi connectivity index (χ1v) is 12.9. The molecule has 7 heteroatoms. The summed E-state index contributed by atoms with van der Waals surface area (Å²) in [5, 5.41) is 0. The number of hydrogen-bond donors (Lipinski definition) is 0. The van der Waals surface area contributed by atoms with Crippen molar-refractivity contribution in [2.24, 2.45) is 5.92 Å². The lowest BCUT2D eigenvalue weighted by Crippen LogP contribution is -2.46. The summed E-state index contributed by atoms with van der Waals surface area (Å²) in [6.07, 6.45) is 1.32. The number of piperidine rings is 1. The van der Waals surface area contributed by atoms with E-state index >= 15 is 0 Å². The lowest BCUT2D eigenvalue weighted by molar-refractivity contribution is -0.138. The maximum absolute atomic E-state index is 13.7. The van der Waals surface area contributed by atoms with Crippen molar-refractivity contribution in [1.29, 1.82) is 0 Å². The Morgan fingerprint density at radius 2 is 1.47 bits per heavy atom. The van der Waals surface area contributed by atoms with Crippen LogP contribution in [0.1, 0.15) is 24.0 Å². The molecule has 0 bridgehead atoms. The minimum Gasteiger partial charge on any atom is -0.497 e. The molecule has 0 saturated carbocycles. The number of carbonyl (C=O) groups is 1. The molecule has 34 heavy (non-hydrogen) atoms. The molecule has 1 amide bonds. The second kappa shape index (κ2) is 10.8. The monoisotopic (exact) mass is 478 g/mol. The maximum atomic E-state index is 13.7. The maximum Gasteiger partial charge on any atom is 0.243 e. The van der Waals surface area contributed by atoms with Crippen molar-refractivity contribution in [2.45, 2.75) is 30.8 Å². The molecule has 1 saturated heterocycles. The van der Waals surface area contributed by atoms with E-state index in [1.54, 1.807) is 31.4 Å². The largest absolute Gasteiger partial charge is 0.497 e. The SMILES string of the molecule is COc1ccc(S(=O)(=O)N2CCC[C@@H](C(=O)N(Cc3ccccc3)Cc3ccccc3)C2)cc1. The summed E-state index contributed by atoms with van der Waals surface area (Å²) < 4.78 is 33.1. The minimum atomic E-state index is -3.69. The van der Waals surface area contributed by atoms with Crippen LogP contribution in [0.2, 0.25) is 0 Å². The van der Waals surface area contributed by atoms with Gasteiger partial charge in [0, 0.05) is 26.2 Å². The zero-order valence-electron chi connectivity index (χ0n) is 19.3. The summed E-state index contributed by atoms with van der Waals surface area (Å²) in [5.74, 6) is 0.208. The summed E-state index contributed by atoms with van der Waals surface area (Å²) in [6.45, 7) is 1.56. The average Bonchev–Trinajstić information content (AvgIpc) is 2.89. The summed E-state index contributed by atoms with van der Waals surface area (Å²) in [6, 6.07) is 26.2. The Labute approximate surface area is 201 Å². The summed E-state index contributed by atoms with van der Waals surface area (Å²) >= 11 is 0. The van der Waals surface area contributed by atoms with E-state index in [0.717, 1.165) is 11.1 Å². The van der Waals surface area contributed by atoms with E-state index in [9.17, 15) is 13.2 Å². The highest BCUT2D eigenvalue weighted by Crippen LogP contribution is 2.27. The van der Waals surface area contributed by atoms with Crippen molar-refractivity contribution < 1.29 is 17.9 Å². The number of benzene rings is 3. The van der Waals surface area contributed by atoms with Gasteiger partial charge in [0.1, 0.15) is 5.75 Å². The summed E-state index contributed by atoms with van der Waals surface area (Å²) in [5.41, 5.74) is 2.09. The molecule has 1 atom stereocenters. The molecule has 0 N–H and O–H groups in total. The van der Waals surface area contributed by atoms with Gasteiger partial charge in [-0.15, -0.1) is 0 Å². The smallest absolute Gasteiger partial charge is 0.243 e. The normalized spacial score (nSPS) is 16.7. The van der Waals surface area contributed by atoms with Crippen molar-refractivity contribution in [2.75, 3.05) is 20.2 Å². The summed E-state index contributed by atoms with van der Waals surface area (Å²) in [4.78, 5) is 15.7. The van der Waals surface area contributed by atoms with Crippen molar-refractivity contribution in [3.05, 3.63) is 96.1 Å². The topological polar surface area (TPSA) is 66.9 Å². The zero-order chi connectivity index (χ0) is 24.0. The average molecular weight is 479 g/mol. The van der Waals surface area contributed by atoms with Crippen LogP contribution in [0.4, 0.5) is 0 Å². The zero-order valence-corrected chi connectivity index (χ0v) is 20.2. The molecule has 1 heterocycles. The predicted octanol–water partition coefficient (Wildman–Crippen LogP) is 4.32. The number of ether oxygens (including phenoxy) is 1. The Bertz CT molecular complexity index is 1140. The second-order valence-electron chi connectivity index (χ2n) is 8.54. The van der Waals surface area contributed by atoms with Crippen LogP contribution < -0.4 is 4.74 Å². The van der Waals surface area contributed by atoms with Crippen LogP contribution in [0, 0.1) is 5.92 Å². The van der Waals surface area contributed by atoms with E-state index in [-0.39, 0.29) is 23.3 Å². The van der Waals surface area contributed by atoms with Crippen LogP contribution in [0.5, 0.6) is 5.75 Å². The molecule has 6 nitrogen and oxygen atoms in total. The Hall–Kier alpha value is -3.16. The lowest BCUT2D eigenvalue weighted by atomic mass is 9.97. The fourth-order valence-electron chi connectivity index (χ4n) is 4.34. The van der Waals surface area contributed by atoms with Crippen molar-refractivity contribution in [3.63, 3.8) is 0 Å². The third-order valence-electron chi connectivity index (χ3n) is 6.17. The van der Waals surface area contributed by atoms with E-state index in [1.165, 1.54) is 4.31 Å². The molecule has 0 aromatic heterocycles. The van der Waals surface area contributed by atoms with Crippen molar-refractivity contribution in [3.8, 4) is 5.75 Å². The Balaban J connectivity index is 1.53. The highest BCUT2D eigenvalue weighted by molar-refractivity contribution is 7.89. The predicted molar refractivity (Wildman–Crippen MR) is 132 cm³/mol. The Morgan fingerprint density at radius 3 is 2.00 bits per heavy atom. The van der Waals surface area contributed by atoms with Gasteiger partial charge >= 0.3 is 0 Å². The standard InChI is InChI=1S/C27H30N2O4S/c1-33-25-14-16-26(17-15-25)34(31,32)29-18-8-13-24(21-29)27(30)28(19-22-9-4-2-5-10-22)20-23-11-6-3-7-12-23/h2-7,9-12,14-17,24H,8,13,18-21H2,1H3/t24-/m1/s1. The van der Waals surface area contributed by atoms with Gasteiger partial charge < -0.3 is 9.64 Å². The van der Waals surface area contributed by atoms with Gasteiger partial charge in [0.2, 0.25) is 15.9 Å². The molecule has 178 valence electrons. The van der Waals surface area contributed by atoms with Gasteiger partial charge in [0.15, 0.2) is 0 Å². The molecule has 3 aromatic carbocycles. The molecular weight excluding hydrogens is 448 g/mol. The first-order chi connectivity index (χ1) is 16.5. The molecule has 3 aromatic rings. The fourth-order valence-corrected chi connectivity index (χ4v) is 5.86. The molecule has 1 aliphatic heterocycles. The molecule has 0 spiro atoms. The number of methoxy groups -OCH3 is 1. The molecule has 1 fully saturated rings. The van der Waals surface area contributed by atoms with Gasteiger partial charge in [0.25, 0.3) is 0 Å². The van der Waals surface area contributed by atoms with Crippen LogP contribution in [0.3, 0.4) is 0 Å². The highest BCUT2D eigenvalue weighted by atomic mass is 32.2. The van der Waals surface area contributed by atoms with Gasteiger partial charge in [0.05, 0.1) is 17.9 Å². The van der Waals surface area contributed by atoms with Gasteiger partial charge in [-0.1, -0.05) is 60.7 Å². The van der Waals surface area contributed by atoms with E-state index in [0.29, 0.717) is 38.2 Å². The molecule has 1 aliphatic rings. The van der Waals surface area contributed by atoms with Crippen LogP contribution in [-0.4, -0.2) is 43.7 Å². The second-order valence-corrected chi connectivity index (χ2v) is 10.5. The number of amides is 1. The molecular formula is C27H30N2O4S. The van der Waals surface area contributed by atoms with Gasteiger partial charge in [-0.2, -0.15) is 4.31 Å². The lowest BCUT2D eigenvalue weighted by Gasteiger charge is -2.34. The van der Waals surface area contributed by atoms with E-state index in [4.69, 9.17) is 4.74 Å². The fraction of sp³-hybridized carbons (Fsp3) is 0.296. The molecule has 0 unspecified atom stereocenters. The van der Waals surface area contributed by atoms with Crippen molar-refractivity contribution >= 4 is 15.9 Å². The quantitative estimate of drug-likeness (QED) is 0.484. The number of nitrogens with zero attached hydrogens (tertiary/aromatic N) is 2. The number of hydrogen-bond acceptors (Lipinski definition) is 4.